The first-order chi connectivity index (χ1) is 13.0. The van der Waals surface area contributed by atoms with E-state index in [4.69, 9.17) is 0 Å². The van der Waals surface area contributed by atoms with Gasteiger partial charge < -0.3 is 15.7 Å². The molecular weight excluding hydrogens is 347 g/mol. The van der Waals surface area contributed by atoms with Crippen LogP contribution in [-0.4, -0.2) is 27.5 Å². The van der Waals surface area contributed by atoms with Crippen molar-refractivity contribution in [2.75, 3.05) is 11.9 Å². The first-order valence-electron chi connectivity index (χ1n) is 8.55. The summed E-state index contributed by atoms with van der Waals surface area (Å²) in [6, 6.07) is 14.6. The highest BCUT2D eigenvalue weighted by atomic mass is 19.1. The normalized spacial score (nSPS) is 11.9. The van der Waals surface area contributed by atoms with Gasteiger partial charge in [0.25, 0.3) is 0 Å². The predicted octanol–water partition coefficient (Wildman–Crippen LogP) is 3.48. The van der Waals surface area contributed by atoms with Gasteiger partial charge >= 0.3 is 6.03 Å². The molecule has 0 aliphatic rings. The first-order valence-corrected chi connectivity index (χ1v) is 8.55. The number of rotatable bonds is 5. The summed E-state index contributed by atoms with van der Waals surface area (Å²) < 4.78 is 15.4. The highest BCUT2D eigenvalue weighted by Crippen LogP contribution is 2.21. The fourth-order valence-corrected chi connectivity index (χ4v) is 2.85. The van der Waals surface area contributed by atoms with Crippen LogP contribution in [0.3, 0.4) is 0 Å². The van der Waals surface area contributed by atoms with Crippen molar-refractivity contribution in [3.05, 3.63) is 77.4 Å². The highest BCUT2D eigenvalue weighted by Gasteiger charge is 2.15. The Morgan fingerprint density at radius 1 is 1.19 bits per heavy atom. The first kappa shape index (κ1) is 18.6. The number of benzene rings is 2. The van der Waals surface area contributed by atoms with E-state index in [0.29, 0.717) is 5.69 Å². The molecular formula is C20H21FN4O2. The number of aryl methyl sites for hydroxylation is 2. The zero-order chi connectivity index (χ0) is 19.4. The summed E-state index contributed by atoms with van der Waals surface area (Å²) in [5.41, 5.74) is 3.26. The lowest BCUT2D eigenvalue weighted by atomic mass is 10.1. The number of halogens is 1. The van der Waals surface area contributed by atoms with E-state index in [-0.39, 0.29) is 12.1 Å². The number of hydrogen-bond donors (Lipinski definition) is 3. The molecule has 0 saturated carbocycles. The lowest BCUT2D eigenvalue weighted by Crippen LogP contribution is -2.33. The molecule has 0 bridgehead atoms. The van der Waals surface area contributed by atoms with Crippen LogP contribution in [0.1, 0.15) is 23.1 Å². The number of amides is 2. The van der Waals surface area contributed by atoms with Gasteiger partial charge in [-0.15, -0.1) is 0 Å². The second-order valence-corrected chi connectivity index (χ2v) is 6.23. The number of aliphatic hydroxyl groups is 1. The van der Waals surface area contributed by atoms with Gasteiger partial charge in [0, 0.05) is 17.8 Å². The molecule has 27 heavy (non-hydrogen) atoms. The number of nitrogens with zero attached hydrogens (tertiary/aromatic N) is 2. The van der Waals surface area contributed by atoms with Crippen molar-refractivity contribution < 1.29 is 14.3 Å². The van der Waals surface area contributed by atoms with E-state index in [1.807, 2.05) is 32.0 Å². The molecule has 3 aromatic rings. The molecule has 0 fully saturated rings. The third-order valence-electron chi connectivity index (χ3n) is 4.11. The van der Waals surface area contributed by atoms with Gasteiger partial charge in [-0.05, 0) is 38.1 Å². The Balaban J connectivity index is 1.68. The van der Waals surface area contributed by atoms with Crippen LogP contribution < -0.4 is 10.6 Å². The molecule has 0 spiro atoms. The van der Waals surface area contributed by atoms with E-state index < -0.39 is 18.0 Å². The largest absolute Gasteiger partial charge is 0.386 e. The third kappa shape index (κ3) is 4.32. The Bertz CT molecular complexity index is 955. The molecule has 2 amide bonds. The SMILES string of the molecule is Cc1cc(C)n(-c2ccccc2NC(=O)NC[C@@H](O)c2ccccc2F)n1. The minimum absolute atomic E-state index is 0.116. The highest BCUT2D eigenvalue weighted by molar-refractivity contribution is 5.91. The van der Waals surface area contributed by atoms with Crippen molar-refractivity contribution in [1.82, 2.24) is 15.1 Å². The summed E-state index contributed by atoms with van der Waals surface area (Å²) >= 11 is 0. The Morgan fingerprint density at radius 2 is 1.89 bits per heavy atom. The number of nitrogens with one attached hydrogen (secondary N) is 2. The number of carbonyl (C=O) groups is 1. The molecule has 1 aromatic heterocycles. The molecule has 140 valence electrons. The van der Waals surface area contributed by atoms with Gasteiger partial charge in [0.1, 0.15) is 5.82 Å². The zero-order valence-corrected chi connectivity index (χ0v) is 15.1. The molecule has 3 rings (SSSR count). The van der Waals surface area contributed by atoms with Crippen molar-refractivity contribution in [3.63, 3.8) is 0 Å². The van der Waals surface area contributed by atoms with Crippen LogP contribution in [0, 0.1) is 19.7 Å². The Hall–Kier alpha value is -3.19. The maximum atomic E-state index is 13.7. The lowest BCUT2D eigenvalue weighted by Gasteiger charge is -2.15. The molecule has 0 saturated heterocycles. The van der Waals surface area contributed by atoms with Gasteiger partial charge in [-0.2, -0.15) is 5.10 Å². The maximum absolute atomic E-state index is 13.7. The monoisotopic (exact) mass is 368 g/mol. The predicted molar refractivity (Wildman–Crippen MR) is 101 cm³/mol. The average Bonchev–Trinajstić information content (AvgIpc) is 2.98. The summed E-state index contributed by atoms with van der Waals surface area (Å²) in [7, 11) is 0. The molecule has 1 atom stereocenters. The summed E-state index contributed by atoms with van der Waals surface area (Å²) in [6.45, 7) is 3.72. The molecule has 0 radical (unpaired) electrons. The fraction of sp³-hybridized carbons (Fsp3) is 0.200. The fourth-order valence-electron chi connectivity index (χ4n) is 2.85. The van der Waals surface area contributed by atoms with Gasteiger partial charge in [-0.3, -0.25) is 0 Å². The lowest BCUT2D eigenvalue weighted by molar-refractivity contribution is 0.170. The maximum Gasteiger partial charge on any atom is 0.319 e. The second kappa shape index (κ2) is 8.01. The van der Waals surface area contributed by atoms with Gasteiger partial charge in [0.05, 0.1) is 23.2 Å². The van der Waals surface area contributed by atoms with E-state index in [9.17, 15) is 14.3 Å². The molecule has 3 N–H and O–H groups in total. The minimum atomic E-state index is -1.14. The summed E-state index contributed by atoms with van der Waals surface area (Å²) in [6.07, 6.45) is -1.14. The van der Waals surface area contributed by atoms with Gasteiger partial charge in [-0.1, -0.05) is 30.3 Å². The van der Waals surface area contributed by atoms with E-state index in [0.717, 1.165) is 17.1 Å². The molecule has 2 aromatic carbocycles. The van der Waals surface area contributed by atoms with Gasteiger partial charge in [-0.25, -0.2) is 13.9 Å². The smallest absolute Gasteiger partial charge is 0.319 e. The Kier molecular flexibility index (Phi) is 5.52. The number of urea groups is 1. The summed E-state index contributed by atoms with van der Waals surface area (Å²) in [5, 5.41) is 19.8. The average molecular weight is 368 g/mol. The van der Waals surface area contributed by atoms with E-state index in [1.165, 1.54) is 12.1 Å². The van der Waals surface area contributed by atoms with Crippen molar-refractivity contribution >= 4 is 11.7 Å². The molecule has 0 aliphatic heterocycles. The van der Waals surface area contributed by atoms with Crippen LogP contribution in [0.15, 0.2) is 54.6 Å². The molecule has 1 heterocycles. The molecule has 6 nitrogen and oxygen atoms in total. The number of carbonyl (C=O) groups excluding carboxylic acids is 1. The molecule has 0 aliphatic carbocycles. The van der Waals surface area contributed by atoms with Gasteiger partial charge in [0.15, 0.2) is 0 Å². The number of aromatic nitrogens is 2. The van der Waals surface area contributed by atoms with E-state index in [1.54, 1.807) is 28.9 Å². The van der Waals surface area contributed by atoms with E-state index >= 15 is 0 Å². The van der Waals surface area contributed by atoms with Crippen LogP contribution in [0.5, 0.6) is 0 Å². The summed E-state index contributed by atoms with van der Waals surface area (Å²) in [5.74, 6) is -0.512. The van der Waals surface area contributed by atoms with Crippen LogP contribution in [0.2, 0.25) is 0 Å². The molecule has 0 unspecified atom stereocenters. The van der Waals surface area contributed by atoms with Crippen LogP contribution in [0.4, 0.5) is 14.9 Å². The Morgan fingerprint density at radius 3 is 2.59 bits per heavy atom. The topological polar surface area (TPSA) is 79.2 Å². The van der Waals surface area contributed by atoms with Crippen molar-refractivity contribution in [2.24, 2.45) is 0 Å². The Labute approximate surface area is 156 Å². The summed E-state index contributed by atoms with van der Waals surface area (Å²) in [4.78, 5) is 12.3. The van der Waals surface area contributed by atoms with Crippen molar-refractivity contribution in [3.8, 4) is 5.69 Å². The van der Waals surface area contributed by atoms with Crippen LogP contribution >= 0.6 is 0 Å². The number of hydrogen-bond acceptors (Lipinski definition) is 3. The zero-order valence-electron chi connectivity index (χ0n) is 15.1. The van der Waals surface area contributed by atoms with Crippen molar-refractivity contribution in [2.45, 2.75) is 20.0 Å². The quantitative estimate of drug-likeness (QED) is 0.645. The van der Waals surface area contributed by atoms with Crippen LogP contribution in [0.25, 0.3) is 5.69 Å². The number of anilines is 1. The van der Waals surface area contributed by atoms with E-state index in [2.05, 4.69) is 15.7 Å². The molecule has 7 heteroatoms. The third-order valence-corrected chi connectivity index (χ3v) is 4.11. The number of para-hydroxylation sites is 2. The number of aliphatic hydroxyl groups excluding tert-OH is 1. The minimum Gasteiger partial charge on any atom is -0.386 e. The van der Waals surface area contributed by atoms with Gasteiger partial charge in [0.2, 0.25) is 0 Å². The van der Waals surface area contributed by atoms with Crippen molar-refractivity contribution in [1.29, 1.82) is 0 Å². The standard InChI is InChI=1S/C20H21FN4O2/c1-13-11-14(2)25(24-13)18-10-6-5-9-17(18)23-20(27)22-12-19(26)15-7-3-4-8-16(15)21/h3-11,19,26H,12H2,1-2H3,(H2,22,23,27)/t19-/m1/s1. The second-order valence-electron chi connectivity index (χ2n) is 6.23. The van der Waals surface area contributed by atoms with Crippen LogP contribution in [-0.2, 0) is 0 Å².